The van der Waals surface area contributed by atoms with Gasteiger partial charge in [-0.15, -0.1) is 0 Å². The van der Waals surface area contributed by atoms with Gasteiger partial charge in [0.1, 0.15) is 28.2 Å². The number of pyridine rings is 1. The van der Waals surface area contributed by atoms with Crippen LogP contribution in [0.3, 0.4) is 0 Å². The summed E-state index contributed by atoms with van der Waals surface area (Å²) in [5, 5.41) is 6.51. The summed E-state index contributed by atoms with van der Waals surface area (Å²) in [4.78, 5) is 15.1. The second kappa shape index (κ2) is 9.43. The molecule has 8 nitrogen and oxygen atoms in total. The summed E-state index contributed by atoms with van der Waals surface area (Å²) in [7, 11) is 0. The summed E-state index contributed by atoms with van der Waals surface area (Å²) < 4.78 is 78.8. The highest BCUT2D eigenvalue weighted by Gasteiger charge is 2.39. The molecule has 0 amide bonds. The van der Waals surface area contributed by atoms with Gasteiger partial charge in [0.2, 0.25) is 11.8 Å². The molecule has 1 fully saturated rings. The van der Waals surface area contributed by atoms with E-state index < -0.39 is 45.9 Å². The minimum absolute atomic E-state index is 0.116. The van der Waals surface area contributed by atoms with E-state index in [1.54, 1.807) is 0 Å². The van der Waals surface area contributed by atoms with Gasteiger partial charge in [-0.05, 0) is 44.9 Å². The van der Waals surface area contributed by atoms with Gasteiger partial charge in [-0.25, -0.2) is 18.7 Å². The second-order valence-electron chi connectivity index (χ2n) is 9.21. The average molecular weight is 524 g/mol. The van der Waals surface area contributed by atoms with Crippen molar-refractivity contribution in [3.8, 4) is 17.1 Å². The van der Waals surface area contributed by atoms with Crippen molar-refractivity contribution in [2.75, 3.05) is 48.7 Å². The lowest BCUT2D eigenvalue weighted by Gasteiger charge is -2.38. The highest BCUT2D eigenvalue weighted by molar-refractivity contribution is 5.97. The van der Waals surface area contributed by atoms with Crippen molar-refractivity contribution in [2.45, 2.75) is 38.9 Å². The molecule has 1 unspecified atom stereocenters. The van der Waals surface area contributed by atoms with Crippen molar-refractivity contribution >= 4 is 28.4 Å². The van der Waals surface area contributed by atoms with Gasteiger partial charge in [0.05, 0.1) is 17.9 Å². The minimum atomic E-state index is -5.00. The molecule has 5 rings (SSSR count). The molecule has 2 aliphatic heterocycles. The first-order valence-electron chi connectivity index (χ1n) is 12.0. The Morgan fingerprint density at radius 3 is 2.57 bits per heavy atom. The number of hydrogen-bond donors (Lipinski definition) is 3. The van der Waals surface area contributed by atoms with E-state index in [-0.39, 0.29) is 41.2 Å². The third-order valence-corrected chi connectivity index (χ3v) is 6.71. The van der Waals surface area contributed by atoms with Crippen molar-refractivity contribution in [3.05, 3.63) is 28.8 Å². The maximum atomic E-state index is 16.2. The third kappa shape index (κ3) is 4.45. The van der Waals surface area contributed by atoms with E-state index in [9.17, 15) is 17.6 Å². The monoisotopic (exact) mass is 523 g/mol. The van der Waals surface area contributed by atoms with Crippen LogP contribution in [0.1, 0.15) is 30.9 Å². The number of rotatable bonds is 2. The molecule has 2 aliphatic rings. The topological polar surface area (TPSA) is 101 Å². The number of nitrogen functional groups attached to an aromatic ring is 1. The number of nitrogens with one attached hydrogen (secondary N) is 2. The molecule has 0 aliphatic carbocycles. The number of nitrogens with two attached hydrogens (primary N) is 1. The van der Waals surface area contributed by atoms with Crippen LogP contribution in [-0.4, -0.2) is 53.8 Å². The Hall–Kier alpha value is -3.48. The molecule has 0 saturated carbocycles. The Morgan fingerprint density at radius 2 is 1.89 bits per heavy atom. The van der Waals surface area contributed by atoms with Gasteiger partial charge in [-0.1, -0.05) is 0 Å². The summed E-state index contributed by atoms with van der Waals surface area (Å²) in [5.41, 5.74) is 1.40. The van der Waals surface area contributed by atoms with Crippen LogP contribution in [0.15, 0.2) is 6.07 Å². The van der Waals surface area contributed by atoms with Crippen molar-refractivity contribution < 1.29 is 26.7 Å². The Bertz CT molecular complexity index is 1360. The third-order valence-electron chi connectivity index (χ3n) is 6.71. The van der Waals surface area contributed by atoms with Gasteiger partial charge in [-0.3, -0.25) is 0 Å². The summed E-state index contributed by atoms with van der Waals surface area (Å²) in [5.74, 6) is -1.94. The Morgan fingerprint density at radius 1 is 1.11 bits per heavy atom. The quantitative estimate of drug-likeness (QED) is 0.339. The minimum Gasteiger partial charge on any atom is -0.477 e. The zero-order chi connectivity index (χ0) is 26.5. The van der Waals surface area contributed by atoms with Gasteiger partial charge in [-0.2, -0.15) is 18.2 Å². The molecule has 0 radical (unpaired) electrons. The van der Waals surface area contributed by atoms with Crippen molar-refractivity contribution in [1.82, 2.24) is 20.3 Å². The molecule has 0 spiro atoms. The van der Waals surface area contributed by atoms with Crippen LogP contribution in [0.4, 0.5) is 39.4 Å². The lowest BCUT2D eigenvalue weighted by atomic mass is 9.96. The van der Waals surface area contributed by atoms with E-state index >= 15 is 4.39 Å². The summed E-state index contributed by atoms with van der Waals surface area (Å²) >= 11 is 0. The molecule has 4 heterocycles. The normalized spacial score (nSPS) is 18.6. The average Bonchev–Trinajstić information content (AvgIpc) is 2.87. The molecular formula is C24H26F5N7O. The maximum absolute atomic E-state index is 16.2. The lowest BCUT2D eigenvalue weighted by Crippen LogP contribution is -2.46. The van der Waals surface area contributed by atoms with E-state index in [4.69, 9.17) is 10.5 Å². The van der Waals surface area contributed by atoms with E-state index in [1.807, 2.05) is 11.8 Å². The van der Waals surface area contributed by atoms with Crippen LogP contribution in [0, 0.1) is 18.6 Å². The van der Waals surface area contributed by atoms with E-state index in [2.05, 4.69) is 25.6 Å². The molecule has 3 aromatic rings. The predicted molar refractivity (Wildman–Crippen MR) is 130 cm³/mol. The largest absolute Gasteiger partial charge is 0.477 e. The predicted octanol–water partition coefficient (Wildman–Crippen LogP) is 4.26. The molecule has 1 atom stereocenters. The Labute approximate surface area is 209 Å². The number of hydrogen-bond acceptors (Lipinski definition) is 8. The highest BCUT2D eigenvalue weighted by atomic mass is 19.4. The van der Waals surface area contributed by atoms with E-state index in [0.29, 0.717) is 32.6 Å². The number of benzene rings is 1. The first-order chi connectivity index (χ1) is 17.6. The fraction of sp³-hybridized carbons (Fsp3) is 0.458. The summed E-state index contributed by atoms with van der Waals surface area (Å²) in [6.45, 7) is 5.43. The van der Waals surface area contributed by atoms with Gasteiger partial charge in [0.15, 0.2) is 5.82 Å². The fourth-order valence-corrected chi connectivity index (χ4v) is 4.61. The number of nitrogens with zero attached hydrogens (tertiary/aromatic N) is 4. The number of alkyl halides is 3. The van der Waals surface area contributed by atoms with Gasteiger partial charge >= 0.3 is 6.18 Å². The molecule has 1 saturated heterocycles. The first-order valence-corrected chi connectivity index (χ1v) is 12.0. The zero-order valence-corrected chi connectivity index (χ0v) is 20.3. The fourth-order valence-electron chi connectivity index (χ4n) is 4.61. The SMILES string of the molecule is Cc1c(F)c(N)cc(-c2nc3c4c(nc(N5CCC5C)nc4c2F)NCCNCCCO3)c1C(F)(F)F. The second-order valence-corrected chi connectivity index (χ2v) is 9.21. The van der Waals surface area contributed by atoms with E-state index in [0.717, 1.165) is 19.4 Å². The van der Waals surface area contributed by atoms with Crippen molar-refractivity contribution in [2.24, 2.45) is 0 Å². The molecule has 0 bridgehead atoms. The van der Waals surface area contributed by atoms with Crippen LogP contribution in [0.25, 0.3) is 22.2 Å². The van der Waals surface area contributed by atoms with E-state index in [1.165, 1.54) is 0 Å². The van der Waals surface area contributed by atoms with Gasteiger partial charge < -0.3 is 26.0 Å². The Kier molecular flexibility index (Phi) is 6.42. The van der Waals surface area contributed by atoms with Crippen LogP contribution in [-0.2, 0) is 6.18 Å². The molecule has 2 aromatic heterocycles. The number of anilines is 3. The Balaban J connectivity index is 1.83. The molecule has 198 valence electrons. The van der Waals surface area contributed by atoms with Crippen LogP contribution < -0.4 is 26.0 Å². The summed E-state index contributed by atoms with van der Waals surface area (Å²) in [6.07, 6.45) is -3.53. The number of halogens is 5. The van der Waals surface area contributed by atoms with Crippen molar-refractivity contribution in [1.29, 1.82) is 0 Å². The number of ether oxygens (including phenoxy) is 1. The molecular weight excluding hydrogens is 497 g/mol. The summed E-state index contributed by atoms with van der Waals surface area (Å²) in [6, 6.07) is 0.869. The van der Waals surface area contributed by atoms with Crippen LogP contribution in [0.2, 0.25) is 0 Å². The van der Waals surface area contributed by atoms with Crippen LogP contribution in [0.5, 0.6) is 5.88 Å². The maximum Gasteiger partial charge on any atom is 0.417 e. The number of aromatic nitrogens is 3. The lowest BCUT2D eigenvalue weighted by molar-refractivity contribution is -0.137. The first kappa shape index (κ1) is 25.2. The van der Waals surface area contributed by atoms with Gasteiger partial charge in [0.25, 0.3) is 0 Å². The van der Waals surface area contributed by atoms with Crippen molar-refractivity contribution in [3.63, 3.8) is 0 Å². The molecule has 37 heavy (non-hydrogen) atoms. The zero-order valence-electron chi connectivity index (χ0n) is 20.3. The molecule has 13 heteroatoms. The molecule has 1 aromatic carbocycles. The molecule has 4 N–H and O–H groups in total. The highest BCUT2D eigenvalue weighted by Crippen LogP contribution is 2.44. The standard InChI is InChI=1S/C24H26F5N7O/c1-11-4-8-36(11)23-34-20-15-21(35-23)32-7-6-31-5-3-9-37-22(15)33-19(18(20)26)13-10-14(30)17(25)12(2)16(13)24(27,28)29/h10-11,31H,3-9,30H2,1-2H3,(H,32,34,35). The van der Waals surface area contributed by atoms with Gasteiger partial charge in [0, 0.05) is 31.2 Å². The smallest absolute Gasteiger partial charge is 0.417 e. The van der Waals surface area contributed by atoms with Crippen LogP contribution >= 0.6 is 0 Å².